The lowest BCUT2D eigenvalue weighted by Crippen LogP contribution is -2.52. The number of halogens is 1. The van der Waals surface area contributed by atoms with Gasteiger partial charge in [-0.15, -0.1) is 0 Å². The summed E-state index contributed by atoms with van der Waals surface area (Å²) in [6.45, 7) is 4.87. The molecule has 1 aromatic heterocycles. The molecule has 8 heteroatoms. The maximum Gasteiger partial charge on any atom is 0.255 e. The Kier molecular flexibility index (Phi) is 5.70. The first-order valence-electron chi connectivity index (χ1n) is 11.5. The van der Waals surface area contributed by atoms with Gasteiger partial charge in [0.25, 0.3) is 5.91 Å². The highest BCUT2D eigenvalue weighted by molar-refractivity contribution is 6.05. The standard InChI is InChI=1S/C25H27FN4O3/c1-15-10-16(4-7-27-15)13-29-8-5-17(6-9-29)19-11-18-14-30(25(33)20(18)12-21(19)26)22-2-3-23(31)28-24(22)32/h4,7,10-12,17,22H,2-3,5-6,8-9,13-14H2,1H3,(H,28,31,32). The molecule has 1 aromatic carbocycles. The van der Waals surface area contributed by atoms with Crippen molar-refractivity contribution in [2.45, 2.75) is 57.7 Å². The van der Waals surface area contributed by atoms with E-state index in [0.717, 1.165) is 43.7 Å². The van der Waals surface area contributed by atoms with E-state index in [-0.39, 0.29) is 36.5 Å². The first-order valence-corrected chi connectivity index (χ1v) is 11.5. The molecular weight excluding hydrogens is 423 g/mol. The van der Waals surface area contributed by atoms with E-state index in [0.29, 0.717) is 17.5 Å². The number of rotatable bonds is 4. The second-order valence-corrected chi connectivity index (χ2v) is 9.29. The molecule has 0 aliphatic carbocycles. The zero-order valence-corrected chi connectivity index (χ0v) is 18.6. The fourth-order valence-electron chi connectivity index (χ4n) is 5.28. The largest absolute Gasteiger partial charge is 0.322 e. The number of piperidine rings is 2. The van der Waals surface area contributed by atoms with Gasteiger partial charge in [0.2, 0.25) is 11.8 Å². The van der Waals surface area contributed by atoms with E-state index in [9.17, 15) is 14.4 Å². The Morgan fingerprint density at radius 1 is 1.12 bits per heavy atom. The Bertz CT molecular complexity index is 1130. The van der Waals surface area contributed by atoms with Crippen LogP contribution in [0.1, 0.15) is 64.3 Å². The van der Waals surface area contributed by atoms with Crippen molar-refractivity contribution in [1.29, 1.82) is 0 Å². The maximum absolute atomic E-state index is 15.1. The highest BCUT2D eigenvalue weighted by Crippen LogP contribution is 2.35. The average molecular weight is 451 g/mol. The molecule has 0 radical (unpaired) electrons. The van der Waals surface area contributed by atoms with Gasteiger partial charge in [-0.25, -0.2) is 4.39 Å². The summed E-state index contributed by atoms with van der Waals surface area (Å²) in [7, 11) is 0. The second kappa shape index (κ2) is 8.67. The molecule has 2 aromatic rings. The van der Waals surface area contributed by atoms with Crippen LogP contribution in [0.15, 0.2) is 30.5 Å². The molecule has 1 N–H and O–H groups in total. The number of benzene rings is 1. The number of aryl methyl sites for hydroxylation is 1. The number of pyridine rings is 1. The average Bonchev–Trinajstić information content (AvgIpc) is 3.09. The molecule has 33 heavy (non-hydrogen) atoms. The number of likely N-dealkylation sites (tertiary alicyclic amines) is 1. The Hall–Kier alpha value is -3.13. The first-order chi connectivity index (χ1) is 15.9. The molecule has 1 unspecified atom stereocenters. The molecule has 3 aliphatic heterocycles. The van der Waals surface area contributed by atoms with E-state index < -0.39 is 11.9 Å². The molecule has 0 saturated carbocycles. The SMILES string of the molecule is Cc1cc(CN2CCC(c3cc4c(cc3F)C(=O)N(C3CCC(=O)NC3=O)C4)CC2)ccn1. The van der Waals surface area contributed by atoms with E-state index in [1.807, 2.05) is 25.3 Å². The van der Waals surface area contributed by atoms with Crippen LogP contribution >= 0.6 is 0 Å². The topological polar surface area (TPSA) is 82.6 Å². The summed E-state index contributed by atoms with van der Waals surface area (Å²) in [5, 5.41) is 2.30. The van der Waals surface area contributed by atoms with Crippen LogP contribution in [0.5, 0.6) is 0 Å². The molecule has 0 spiro atoms. The predicted octanol–water partition coefficient (Wildman–Crippen LogP) is 2.67. The summed E-state index contributed by atoms with van der Waals surface area (Å²) in [5.74, 6) is -1.36. The molecule has 3 amide bonds. The van der Waals surface area contributed by atoms with Crippen LogP contribution in [0, 0.1) is 12.7 Å². The number of nitrogens with zero attached hydrogens (tertiary/aromatic N) is 3. The van der Waals surface area contributed by atoms with Crippen molar-refractivity contribution in [2.75, 3.05) is 13.1 Å². The quantitative estimate of drug-likeness (QED) is 0.725. The number of carbonyl (C=O) groups excluding carboxylic acids is 3. The van der Waals surface area contributed by atoms with E-state index in [2.05, 4.69) is 21.3 Å². The van der Waals surface area contributed by atoms with Gasteiger partial charge in [0.15, 0.2) is 0 Å². The normalized spacial score (nSPS) is 21.9. The number of fused-ring (bicyclic) bond motifs is 1. The molecular formula is C25H27FN4O3. The van der Waals surface area contributed by atoms with Crippen LogP contribution in [-0.2, 0) is 22.7 Å². The number of imide groups is 1. The smallest absolute Gasteiger partial charge is 0.255 e. The number of nitrogens with one attached hydrogen (secondary N) is 1. The van der Waals surface area contributed by atoms with Crippen molar-refractivity contribution >= 4 is 17.7 Å². The number of amides is 3. The minimum Gasteiger partial charge on any atom is -0.322 e. The van der Waals surface area contributed by atoms with Gasteiger partial charge >= 0.3 is 0 Å². The molecule has 4 heterocycles. The van der Waals surface area contributed by atoms with Crippen LogP contribution in [0.4, 0.5) is 4.39 Å². The summed E-state index contributed by atoms with van der Waals surface area (Å²) in [4.78, 5) is 44.7. The zero-order chi connectivity index (χ0) is 23.1. The maximum atomic E-state index is 15.1. The van der Waals surface area contributed by atoms with Crippen LogP contribution < -0.4 is 5.32 Å². The van der Waals surface area contributed by atoms with Gasteiger partial charge in [-0.2, -0.15) is 0 Å². The van der Waals surface area contributed by atoms with Crippen LogP contribution in [0.3, 0.4) is 0 Å². The molecule has 3 aliphatic rings. The number of hydrogen-bond donors (Lipinski definition) is 1. The van der Waals surface area contributed by atoms with Gasteiger partial charge in [0.05, 0.1) is 0 Å². The number of carbonyl (C=O) groups is 3. The van der Waals surface area contributed by atoms with Crippen molar-refractivity contribution in [1.82, 2.24) is 20.1 Å². The van der Waals surface area contributed by atoms with Gasteiger partial charge in [-0.1, -0.05) is 6.07 Å². The number of hydrogen-bond acceptors (Lipinski definition) is 5. The molecule has 2 saturated heterocycles. The Morgan fingerprint density at radius 3 is 2.64 bits per heavy atom. The molecule has 1 atom stereocenters. The third-order valence-corrected chi connectivity index (χ3v) is 7.04. The summed E-state index contributed by atoms with van der Waals surface area (Å²) in [6.07, 6.45) is 4.04. The molecule has 172 valence electrons. The van der Waals surface area contributed by atoms with Gasteiger partial charge in [0, 0.05) is 37.0 Å². The van der Waals surface area contributed by atoms with Crippen LogP contribution in [0.2, 0.25) is 0 Å². The summed E-state index contributed by atoms with van der Waals surface area (Å²) in [5.41, 5.74) is 3.98. The highest BCUT2D eigenvalue weighted by atomic mass is 19.1. The molecule has 0 bridgehead atoms. The summed E-state index contributed by atoms with van der Waals surface area (Å²) < 4.78 is 15.1. The van der Waals surface area contributed by atoms with Gasteiger partial charge in [-0.05, 0) is 80.1 Å². The minimum absolute atomic E-state index is 0.102. The van der Waals surface area contributed by atoms with Crippen molar-refractivity contribution in [3.63, 3.8) is 0 Å². The summed E-state index contributed by atoms with van der Waals surface area (Å²) in [6, 6.07) is 6.60. The van der Waals surface area contributed by atoms with Gasteiger partial charge in [-0.3, -0.25) is 29.6 Å². The lowest BCUT2D eigenvalue weighted by Gasteiger charge is -2.32. The fourth-order valence-corrected chi connectivity index (χ4v) is 5.28. The predicted molar refractivity (Wildman–Crippen MR) is 119 cm³/mol. The lowest BCUT2D eigenvalue weighted by atomic mass is 9.87. The Labute approximate surface area is 192 Å². The molecule has 7 nitrogen and oxygen atoms in total. The Balaban J connectivity index is 1.27. The van der Waals surface area contributed by atoms with Crippen LogP contribution in [-0.4, -0.2) is 51.6 Å². The van der Waals surface area contributed by atoms with E-state index >= 15 is 4.39 Å². The van der Waals surface area contributed by atoms with Crippen molar-refractivity contribution in [3.8, 4) is 0 Å². The third kappa shape index (κ3) is 4.27. The molecule has 2 fully saturated rings. The van der Waals surface area contributed by atoms with Crippen molar-refractivity contribution < 1.29 is 18.8 Å². The van der Waals surface area contributed by atoms with Crippen LogP contribution in [0.25, 0.3) is 0 Å². The van der Waals surface area contributed by atoms with Gasteiger partial charge in [0.1, 0.15) is 11.9 Å². The van der Waals surface area contributed by atoms with E-state index in [1.165, 1.54) is 16.5 Å². The second-order valence-electron chi connectivity index (χ2n) is 9.29. The van der Waals surface area contributed by atoms with Gasteiger partial charge < -0.3 is 4.90 Å². The Morgan fingerprint density at radius 2 is 1.91 bits per heavy atom. The van der Waals surface area contributed by atoms with E-state index in [4.69, 9.17) is 0 Å². The zero-order valence-electron chi connectivity index (χ0n) is 18.6. The number of aromatic nitrogens is 1. The third-order valence-electron chi connectivity index (χ3n) is 7.04. The molecule has 5 rings (SSSR count). The lowest BCUT2D eigenvalue weighted by molar-refractivity contribution is -0.136. The highest BCUT2D eigenvalue weighted by Gasteiger charge is 2.40. The summed E-state index contributed by atoms with van der Waals surface area (Å²) >= 11 is 0. The minimum atomic E-state index is -0.686. The van der Waals surface area contributed by atoms with E-state index in [1.54, 1.807) is 0 Å². The van der Waals surface area contributed by atoms with Crippen molar-refractivity contribution in [2.24, 2.45) is 0 Å². The fraction of sp³-hybridized carbons (Fsp3) is 0.440. The first kappa shape index (κ1) is 21.7. The van der Waals surface area contributed by atoms with Crippen molar-refractivity contribution in [3.05, 3.63) is 64.2 Å². The monoisotopic (exact) mass is 450 g/mol.